The second-order valence-corrected chi connectivity index (χ2v) is 4.97. The predicted molar refractivity (Wildman–Crippen MR) is 72.3 cm³/mol. The van der Waals surface area contributed by atoms with Crippen molar-refractivity contribution in [3.05, 3.63) is 24.3 Å². The molecule has 0 aliphatic carbocycles. The lowest BCUT2D eigenvalue weighted by atomic mass is 10.1. The highest BCUT2D eigenvalue weighted by Gasteiger charge is 2.28. The van der Waals surface area contributed by atoms with Crippen molar-refractivity contribution in [3.63, 3.8) is 0 Å². The number of amides is 1. The molecule has 2 rings (SSSR count). The largest absolute Gasteiger partial charge is 0.484 e. The number of anilines is 1. The minimum Gasteiger partial charge on any atom is -0.484 e. The van der Waals surface area contributed by atoms with Crippen LogP contribution in [0.1, 0.15) is 19.3 Å². The van der Waals surface area contributed by atoms with E-state index < -0.39 is 12.8 Å². The smallest absolute Gasteiger partial charge is 0.422 e. The second-order valence-electron chi connectivity index (χ2n) is 4.97. The van der Waals surface area contributed by atoms with Gasteiger partial charge in [0.1, 0.15) is 5.75 Å². The van der Waals surface area contributed by atoms with Crippen LogP contribution >= 0.6 is 0 Å². The van der Waals surface area contributed by atoms with Gasteiger partial charge in [0.15, 0.2) is 6.61 Å². The van der Waals surface area contributed by atoms with Crippen LogP contribution in [0, 0.1) is 0 Å². The third-order valence-electron chi connectivity index (χ3n) is 3.13. The summed E-state index contributed by atoms with van der Waals surface area (Å²) in [5.74, 6) is 0.00106. The lowest BCUT2D eigenvalue weighted by Crippen LogP contribution is -2.27. The van der Waals surface area contributed by atoms with Gasteiger partial charge in [-0.05, 0) is 43.7 Å². The molecule has 0 spiro atoms. The summed E-state index contributed by atoms with van der Waals surface area (Å²) in [5, 5.41) is 5.94. The van der Waals surface area contributed by atoms with E-state index in [4.69, 9.17) is 0 Å². The molecule has 1 atom stereocenters. The molecular weight excluding hydrogens is 285 g/mol. The van der Waals surface area contributed by atoms with E-state index in [1.807, 2.05) is 0 Å². The van der Waals surface area contributed by atoms with Gasteiger partial charge in [-0.15, -0.1) is 0 Å². The Morgan fingerprint density at radius 3 is 2.62 bits per heavy atom. The summed E-state index contributed by atoms with van der Waals surface area (Å²) in [6, 6.07) is 6.04. The van der Waals surface area contributed by atoms with E-state index in [0.717, 1.165) is 19.4 Å². The Morgan fingerprint density at radius 1 is 1.33 bits per heavy atom. The fraction of sp³-hybridized carbons (Fsp3) is 0.500. The van der Waals surface area contributed by atoms with Gasteiger partial charge in [-0.25, -0.2) is 0 Å². The standard InChI is InChI=1S/C14H17F3N2O2/c15-14(16,17)9-21-12-5-3-10(4-6-12)19-13(20)8-11-2-1-7-18-11/h3-6,11,18H,1-2,7-9H2,(H,19,20). The zero-order valence-corrected chi connectivity index (χ0v) is 11.4. The first kappa shape index (κ1) is 15.6. The Balaban J connectivity index is 1.80. The molecule has 1 amide bonds. The normalized spacial score (nSPS) is 18.5. The van der Waals surface area contributed by atoms with Gasteiger partial charge in [0, 0.05) is 18.2 Å². The quantitative estimate of drug-likeness (QED) is 0.879. The van der Waals surface area contributed by atoms with Crippen LogP contribution in [0.2, 0.25) is 0 Å². The van der Waals surface area contributed by atoms with Gasteiger partial charge in [-0.3, -0.25) is 4.79 Å². The molecule has 116 valence electrons. The van der Waals surface area contributed by atoms with Crippen LogP contribution in [0.15, 0.2) is 24.3 Å². The van der Waals surface area contributed by atoms with Crippen LogP contribution in [0.3, 0.4) is 0 Å². The first-order valence-electron chi connectivity index (χ1n) is 6.75. The van der Waals surface area contributed by atoms with E-state index in [1.54, 1.807) is 0 Å². The Kier molecular flexibility index (Phi) is 5.06. The molecule has 0 radical (unpaired) electrons. The topological polar surface area (TPSA) is 50.4 Å². The molecule has 2 N–H and O–H groups in total. The molecule has 1 aromatic rings. The Bertz CT molecular complexity index is 468. The zero-order chi connectivity index (χ0) is 15.3. The van der Waals surface area contributed by atoms with Crippen LogP contribution in [0.4, 0.5) is 18.9 Å². The minimum atomic E-state index is -4.36. The summed E-state index contributed by atoms with van der Waals surface area (Å²) < 4.78 is 40.6. The molecule has 1 aliphatic rings. The van der Waals surface area contributed by atoms with E-state index in [2.05, 4.69) is 15.4 Å². The third kappa shape index (κ3) is 5.63. The van der Waals surface area contributed by atoms with Gasteiger partial charge in [-0.1, -0.05) is 0 Å². The summed E-state index contributed by atoms with van der Waals surface area (Å²) in [5.41, 5.74) is 0.539. The van der Waals surface area contributed by atoms with Crippen molar-refractivity contribution in [2.45, 2.75) is 31.5 Å². The maximum Gasteiger partial charge on any atom is 0.422 e. The number of halogens is 3. The monoisotopic (exact) mass is 302 g/mol. The maximum absolute atomic E-state index is 12.0. The first-order chi connectivity index (χ1) is 9.92. The number of nitrogens with one attached hydrogen (secondary N) is 2. The minimum absolute atomic E-state index is 0.113. The van der Waals surface area contributed by atoms with Crippen LogP contribution in [-0.4, -0.2) is 31.3 Å². The van der Waals surface area contributed by atoms with Gasteiger partial charge in [-0.2, -0.15) is 13.2 Å². The van der Waals surface area contributed by atoms with E-state index in [1.165, 1.54) is 24.3 Å². The average molecular weight is 302 g/mol. The fourth-order valence-corrected chi connectivity index (χ4v) is 2.17. The molecule has 7 heteroatoms. The lowest BCUT2D eigenvalue weighted by molar-refractivity contribution is -0.153. The molecule has 21 heavy (non-hydrogen) atoms. The Hall–Kier alpha value is -1.76. The van der Waals surface area contributed by atoms with E-state index in [0.29, 0.717) is 12.1 Å². The average Bonchev–Trinajstić information content (AvgIpc) is 2.89. The number of hydrogen-bond acceptors (Lipinski definition) is 3. The number of benzene rings is 1. The van der Waals surface area contributed by atoms with Crippen LogP contribution in [0.25, 0.3) is 0 Å². The zero-order valence-electron chi connectivity index (χ0n) is 11.4. The number of rotatable bonds is 5. The van der Waals surface area contributed by atoms with E-state index >= 15 is 0 Å². The number of carbonyl (C=O) groups excluding carboxylic acids is 1. The molecular formula is C14H17F3N2O2. The summed E-state index contributed by atoms with van der Waals surface area (Å²) in [6.45, 7) is -0.394. The highest BCUT2D eigenvalue weighted by molar-refractivity contribution is 5.91. The van der Waals surface area contributed by atoms with Crippen molar-refractivity contribution in [1.29, 1.82) is 0 Å². The van der Waals surface area contributed by atoms with Crippen molar-refractivity contribution in [2.24, 2.45) is 0 Å². The second kappa shape index (κ2) is 6.80. The molecule has 1 saturated heterocycles. The predicted octanol–water partition coefficient (Wildman–Crippen LogP) is 2.71. The van der Waals surface area contributed by atoms with E-state index in [-0.39, 0.29) is 17.7 Å². The van der Waals surface area contributed by atoms with Crippen molar-refractivity contribution >= 4 is 11.6 Å². The number of carbonyl (C=O) groups is 1. The molecule has 0 bridgehead atoms. The molecule has 1 heterocycles. The van der Waals surface area contributed by atoms with E-state index in [9.17, 15) is 18.0 Å². The number of alkyl halides is 3. The molecule has 1 unspecified atom stereocenters. The molecule has 0 aromatic heterocycles. The summed E-state index contributed by atoms with van der Waals surface area (Å²) >= 11 is 0. The Labute approximate surface area is 120 Å². The molecule has 1 aromatic carbocycles. The SMILES string of the molecule is O=C(CC1CCCN1)Nc1ccc(OCC(F)(F)F)cc1. The summed E-state index contributed by atoms with van der Waals surface area (Å²) in [4.78, 5) is 11.8. The van der Waals surface area contributed by atoms with Gasteiger partial charge >= 0.3 is 6.18 Å². The van der Waals surface area contributed by atoms with Gasteiger partial charge in [0.2, 0.25) is 5.91 Å². The van der Waals surface area contributed by atoms with Crippen molar-refractivity contribution in [3.8, 4) is 5.75 Å². The van der Waals surface area contributed by atoms with Crippen molar-refractivity contribution in [1.82, 2.24) is 5.32 Å². The van der Waals surface area contributed by atoms with Crippen LogP contribution < -0.4 is 15.4 Å². The lowest BCUT2D eigenvalue weighted by Gasteiger charge is -2.12. The number of ether oxygens (including phenoxy) is 1. The van der Waals surface area contributed by atoms with Gasteiger partial charge in [0.25, 0.3) is 0 Å². The Morgan fingerprint density at radius 2 is 2.05 bits per heavy atom. The highest BCUT2D eigenvalue weighted by Crippen LogP contribution is 2.20. The van der Waals surface area contributed by atoms with Crippen molar-refractivity contribution in [2.75, 3.05) is 18.5 Å². The molecule has 0 saturated carbocycles. The van der Waals surface area contributed by atoms with Gasteiger partial charge < -0.3 is 15.4 Å². The van der Waals surface area contributed by atoms with Crippen LogP contribution in [-0.2, 0) is 4.79 Å². The fourth-order valence-electron chi connectivity index (χ4n) is 2.17. The van der Waals surface area contributed by atoms with Crippen LogP contribution in [0.5, 0.6) is 5.75 Å². The molecule has 1 aliphatic heterocycles. The van der Waals surface area contributed by atoms with Gasteiger partial charge in [0.05, 0.1) is 0 Å². The number of hydrogen-bond donors (Lipinski definition) is 2. The molecule has 4 nitrogen and oxygen atoms in total. The maximum atomic E-state index is 12.0. The highest BCUT2D eigenvalue weighted by atomic mass is 19.4. The summed E-state index contributed by atoms with van der Waals surface area (Å²) in [7, 11) is 0. The first-order valence-corrected chi connectivity index (χ1v) is 6.75. The summed E-state index contributed by atoms with van der Waals surface area (Å²) in [6.07, 6.45) is -1.91. The molecule has 1 fully saturated rings. The van der Waals surface area contributed by atoms with Crippen molar-refractivity contribution < 1.29 is 22.7 Å². The third-order valence-corrected chi connectivity index (χ3v) is 3.13.